The summed E-state index contributed by atoms with van der Waals surface area (Å²) in [5.74, 6) is -0.348. The summed E-state index contributed by atoms with van der Waals surface area (Å²) in [6, 6.07) is 3.41. The van der Waals surface area contributed by atoms with Gasteiger partial charge in [-0.2, -0.15) is 4.31 Å². The van der Waals surface area contributed by atoms with Crippen LogP contribution in [0.2, 0.25) is 0 Å². The van der Waals surface area contributed by atoms with Crippen molar-refractivity contribution in [2.75, 3.05) is 19.8 Å². The van der Waals surface area contributed by atoms with Crippen molar-refractivity contribution in [2.24, 2.45) is 0 Å². The molecule has 0 aromatic carbocycles. The smallest absolute Gasteiger partial charge is 0.235 e. The van der Waals surface area contributed by atoms with Crippen LogP contribution in [0.3, 0.4) is 0 Å². The first-order valence-electron chi connectivity index (χ1n) is 5.41. The molecule has 0 fully saturated rings. The number of pyridine rings is 1. The van der Waals surface area contributed by atoms with Crippen LogP contribution in [-0.4, -0.2) is 43.5 Å². The molecular formula is C11H17N3O3S. The second kappa shape index (κ2) is 5.92. The number of amides is 1. The third-order valence-corrected chi connectivity index (χ3v) is 3.76. The minimum Gasteiger partial charge on any atom is -0.348 e. The van der Waals surface area contributed by atoms with E-state index in [4.69, 9.17) is 0 Å². The standard InChI is InChI=1S/C11H17N3O3S/c1-9(10-5-4-6-12-7-10)13-11(15)8-14(2)18(3,16)17/h4-7,9H,8H2,1-3H3,(H,13,15). The lowest BCUT2D eigenvalue weighted by Gasteiger charge is -2.17. The molecule has 7 heteroatoms. The molecule has 0 bridgehead atoms. The summed E-state index contributed by atoms with van der Waals surface area (Å²) in [6.07, 6.45) is 4.37. The van der Waals surface area contributed by atoms with E-state index in [1.165, 1.54) is 7.05 Å². The lowest BCUT2D eigenvalue weighted by atomic mass is 10.1. The van der Waals surface area contributed by atoms with Crippen molar-refractivity contribution in [1.82, 2.24) is 14.6 Å². The number of hydrogen-bond acceptors (Lipinski definition) is 4. The van der Waals surface area contributed by atoms with Crippen LogP contribution >= 0.6 is 0 Å². The van der Waals surface area contributed by atoms with E-state index in [9.17, 15) is 13.2 Å². The van der Waals surface area contributed by atoms with Crippen LogP contribution in [0.25, 0.3) is 0 Å². The lowest BCUT2D eigenvalue weighted by Crippen LogP contribution is -2.38. The maximum atomic E-state index is 11.6. The minimum absolute atomic E-state index is 0.191. The van der Waals surface area contributed by atoms with Gasteiger partial charge in [0.15, 0.2) is 0 Å². The molecule has 1 rings (SSSR count). The number of hydrogen-bond donors (Lipinski definition) is 1. The van der Waals surface area contributed by atoms with E-state index in [-0.39, 0.29) is 18.5 Å². The van der Waals surface area contributed by atoms with E-state index < -0.39 is 10.0 Å². The Balaban J connectivity index is 2.56. The van der Waals surface area contributed by atoms with Crippen LogP contribution < -0.4 is 5.32 Å². The summed E-state index contributed by atoms with van der Waals surface area (Å²) in [6.45, 7) is 1.62. The first-order chi connectivity index (χ1) is 8.30. The molecule has 1 aromatic rings. The molecule has 0 aliphatic rings. The maximum Gasteiger partial charge on any atom is 0.235 e. The summed E-state index contributed by atoms with van der Waals surface area (Å²) in [4.78, 5) is 15.6. The molecule has 1 N–H and O–H groups in total. The molecule has 0 aliphatic heterocycles. The summed E-state index contributed by atoms with van der Waals surface area (Å²) < 4.78 is 23.3. The van der Waals surface area contributed by atoms with Crippen LogP contribution in [0.5, 0.6) is 0 Å². The fourth-order valence-electron chi connectivity index (χ4n) is 1.32. The number of sulfonamides is 1. The minimum atomic E-state index is -3.34. The van der Waals surface area contributed by atoms with Gasteiger partial charge in [0.25, 0.3) is 0 Å². The average molecular weight is 271 g/mol. The van der Waals surface area contributed by atoms with Gasteiger partial charge in [-0.25, -0.2) is 8.42 Å². The monoisotopic (exact) mass is 271 g/mol. The molecule has 1 atom stereocenters. The molecule has 0 radical (unpaired) electrons. The highest BCUT2D eigenvalue weighted by Gasteiger charge is 2.16. The molecule has 0 aliphatic carbocycles. The summed E-state index contributed by atoms with van der Waals surface area (Å²) >= 11 is 0. The van der Waals surface area contributed by atoms with Crippen molar-refractivity contribution in [3.63, 3.8) is 0 Å². The Morgan fingerprint density at radius 1 is 1.56 bits per heavy atom. The molecular weight excluding hydrogens is 254 g/mol. The van der Waals surface area contributed by atoms with Crippen LogP contribution in [0.1, 0.15) is 18.5 Å². The lowest BCUT2D eigenvalue weighted by molar-refractivity contribution is -0.121. The van der Waals surface area contributed by atoms with E-state index in [1.54, 1.807) is 18.5 Å². The Kier molecular flexibility index (Phi) is 4.80. The number of likely N-dealkylation sites (N-methyl/N-ethyl adjacent to an activating group) is 1. The molecule has 18 heavy (non-hydrogen) atoms. The topological polar surface area (TPSA) is 79.4 Å². The van der Waals surface area contributed by atoms with E-state index in [2.05, 4.69) is 10.3 Å². The highest BCUT2D eigenvalue weighted by molar-refractivity contribution is 7.88. The zero-order chi connectivity index (χ0) is 13.8. The van der Waals surface area contributed by atoms with Gasteiger partial charge in [-0.15, -0.1) is 0 Å². The van der Waals surface area contributed by atoms with E-state index in [0.717, 1.165) is 16.1 Å². The van der Waals surface area contributed by atoms with Gasteiger partial charge in [0, 0.05) is 19.4 Å². The Bertz CT molecular complexity index is 502. The summed E-state index contributed by atoms with van der Waals surface area (Å²) in [5, 5.41) is 2.71. The predicted octanol–water partition coefficient (Wildman–Crippen LogP) is 0.150. The molecule has 0 saturated heterocycles. The largest absolute Gasteiger partial charge is 0.348 e. The van der Waals surface area contributed by atoms with E-state index >= 15 is 0 Å². The van der Waals surface area contributed by atoms with Crippen LogP contribution in [0.15, 0.2) is 24.5 Å². The summed E-state index contributed by atoms with van der Waals surface area (Å²) in [7, 11) is -1.97. The van der Waals surface area contributed by atoms with Crippen molar-refractivity contribution in [3.8, 4) is 0 Å². The first-order valence-corrected chi connectivity index (χ1v) is 7.26. The first kappa shape index (κ1) is 14.6. The number of nitrogens with zero attached hydrogens (tertiary/aromatic N) is 2. The fraction of sp³-hybridized carbons (Fsp3) is 0.455. The third kappa shape index (κ3) is 4.42. The fourth-order valence-corrected chi connectivity index (χ4v) is 1.67. The SMILES string of the molecule is CC(NC(=O)CN(C)S(C)(=O)=O)c1cccnc1. The van der Waals surface area contributed by atoms with Crippen LogP contribution in [0.4, 0.5) is 0 Å². The van der Waals surface area contributed by atoms with Crippen molar-refractivity contribution in [1.29, 1.82) is 0 Å². The zero-order valence-electron chi connectivity index (χ0n) is 10.6. The van der Waals surface area contributed by atoms with Crippen LogP contribution in [0, 0.1) is 0 Å². The number of rotatable bonds is 5. The Hall–Kier alpha value is -1.47. The predicted molar refractivity (Wildman–Crippen MR) is 68.3 cm³/mol. The van der Waals surface area contributed by atoms with Gasteiger partial charge in [0.2, 0.25) is 15.9 Å². The van der Waals surface area contributed by atoms with Crippen LogP contribution in [-0.2, 0) is 14.8 Å². The van der Waals surface area contributed by atoms with Crippen molar-refractivity contribution < 1.29 is 13.2 Å². The Morgan fingerprint density at radius 3 is 2.72 bits per heavy atom. The molecule has 1 unspecified atom stereocenters. The van der Waals surface area contributed by atoms with Crippen molar-refractivity contribution >= 4 is 15.9 Å². The Labute approximate surface area is 107 Å². The number of carbonyl (C=O) groups is 1. The second-order valence-electron chi connectivity index (χ2n) is 4.09. The maximum absolute atomic E-state index is 11.6. The van der Waals surface area contributed by atoms with Crippen molar-refractivity contribution in [2.45, 2.75) is 13.0 Å². The van der Waals surface area contributed by atoms with Gasteiger partial charge in [0.1, 0.15) is 0 Å². The van der Waals surface area contributed by atoms with Gasteiger partial charge in [-0.1, -0.05) is 6.07 Å². The summed E-state index contributed by atoms with van der Waals surface area (Å²) in [5.41, 5.74) is 0.868. The molecule has 0 saturated carbocycles. The molecule has 100 valence electrons. The van der Waals surface area contributed by atoms with Gasteiger partial charge in [-0.3, -0.25) is 9.78 Å². The highest BCUT2D eigenvalue weighted by Crippen LogP contribution is 2.09. The third-order valence-electron chi connectivity index (χ3n) is 2.49. The van der Waals surface area contributed by atoms with Gasteiger partial charge < -0.3 is 5.32 Å². The van der Waals surface area contributed by atoms with E-state index in [0.29, 0.717) is 0 Å². The second-order valence-corrected chi connectivity index (χ2v) is 6.18. The van der Waals surface area contributed by atoms with Gasteiger partial charge in [-0.05, 0) is 18.6 Å². The van der Waals surface area contributed by atoms with Crippen molar-refractivity contribution in [3.05, 3.63) is 30.1 Å². The molecule has 0 spiro atoms. The number of nitrogens with one attached hydrogen (secondary N) is 1. The zero-order valence-corrected chi connectivity index (χ0v) is 11.4. The highest BCUT2D eigenvalue weighted by atomic mass is 32.2. The Morgan fingerprint density at radius 2 is 2.22 bits per heavy atom. The number of carbonyl (C=O) groups excluding carboxylic acids is 1. The average Bonchev–Trinajstić information content (AvgIpc) is 2.28. The van der Waals surface area contributed by atoms with E-state index in [1.807, 2.05) is 13.0 Å². The molecule has 1 heterocycles. The van der Waals surface area contributed by atoms with Gasteiger partial charge in [0.05, 0.1) is 18.8 Å². The van der Waals surface area contributed by atoms with Gasteiger partial charge >= 0.3 is 0 Å². The normalized spacial score (nSPS) is 13.3. The molecule has 1 amide bonds. The number of aromatic nitrogens is 1. The molecule has 6 nitrogen and oxygen atoms in total. The molecule has 1 aromatic heterocycles. The quantitative estimate of drug-likeness (QED) is 0.826.